The van der Waals surface area contributed by atoms with Crippen LogP contribution in [0.1, 0.15) is 5.56 Å². The second-order valence-corrected chi connectivity index (χ2v) is 6.11. The summed E-state index contributed by atoms with van der Waals surface area (Å²) in [6, 6.07) is 8.70. The molecule has 0 bridgehead atoms. The third kappa shape index (κ3) is 2.95. The summed E-state index contributed by atoms with van der Waals surface area (Å²) < 4.78 is 30.9. The molecule has 1 aromatic carbocycles. The highest BCUT2D eigenvalue weighted by molar-refractivity contribution is 5.75. The second kappa shape index (κ2) is 6.30. The highest BCUT2D eigenvalue weighted by Gasteiger charge is 2.34. The lowest BCUT2D eigenvalue weighted by atomic mass is 9.92. The first-order valence-electron chi connectivity index (χ1n) is 7.95. The summed E-state index contributed by atoms with van der Waals surface area (Å²) in [5, 5.41) is 16.2. The highest BCUT2D eigenvalue weighted by atomic mass is 19.1. The average Bonchev–Trinajstić information content (AvgIpc) is 3.25. The van der Waals surface area contributed by atoms with E-state index >= 15 is 0 Å². The van der Waals surface area contributed by atoms with E-state index in [2.05, 4.69) is 15.1 Å². The van der Waals surface area contributed by atoms with E-state index in [1.807, 2.05) is 18.2 Å². The zero-order valence-electron chi connectivity index (χ0n) is 13.6. The fourth-order valence-corrected chi connectivity index (χ4v) is 3.10. The number of nitrogens with zero attached hydrogens (tertiary/aromatic N) is 5. The zero-order valence-corrected chi connectivity index (χ0v) is 13.6. The lowest BCUT2D eigenvalue weighted by Crippen LogP contribution is -2.37. The molecule has 6 nitrogen and oxygen atoms in total. The Kier molecular flexibility index (Phi) is 3.96. The molecule has 1 unspecified atom stereocenters. The van der Waals surface area contributed by atoms with E-state index < -0.39 is 17.2 Å². The number of rotatable bonds is 5. The van der Waals surface area contributed by atoms with Gasteiger partial charge in [-0.2, -0.15) is 5.10 Å². The van der Waals surface area contributed by atoms with E-state index in [1.54, 1.807) is 17.0 Å². The van der Waals surface area contributed by atoms with Crippen LogP contribution in [0.2, 0.25) is 0 Å². The normalized spacial score (nSPS) is 13.8. The molecule has 0 saturated heterocycles. The molecular formula is C18H15F2N5O. The van der Waals surface area contributed by atoms with E-state index in [0.717, 1.165) is 17.5 Å². The van der Waals surface area contributed by atoms with Crippen LogP contribution in [0.4, 0.5) is 8.78 Å². The van der Waals surface area contributed by atoms with Gasteiger partial charge in [-0.3, -0.25) is 0 Å². The highest BCUT2D eigenvalue weighted by Crippen LogP contribution is 2.29. The molecule has 0 radical (unpaired) electrons. The number of aromatic nitrogens is 5. The number of fused-ring (bicyclic) bond motifs is 1. The van der Waals surface area contributed by atoms with E-state index in [1.165, 1.54) is 23.4 Å². The molecule has 0 aliphatic rings. The van der Waals surface area contributed by atoms with Gasteiger partial charge < -0.3 is 9.67 Å². The molecule has 26 heavy (non-hydrogen) atoms. The van der Waals surface area contributed by atoms with Crippen LogP contribution in [0.15, 0.2) is 61.4 Å². The summed E-state index contributed by atoms with van der Waals surface area (Å²) in [4.78, 5) is 8.17. The van der Waals surface area contributed by atoms with Gasteiger partial charge in [0.25, 0.3) is 0 Å². The van der Waals surface area contributed by atoms with Crippen molar-refractivity contribution in [1.82, 2.24) is 24.3 Å². The maximum atomic E-state index is 14.4. The molecule has 1 N–H and O–H groups in total. The SMILES string of the molecule is OC(Cn1cncn1)(Cn1ccc2cccnc21)c1ccc(F)cc1F. The first kappa shape index (κ1) is 16.3. The first-order valence-corrected chi connectivity index (χ1v) is 7.95. The quantitative estimate of drug-likeness (QED) is 0.597. The molecule has 132 valence electrons. The molecule has 0 saturated carbocycles. The first-order chi connectivity index (χ1) is 12.5. The fraction of sp³-hybridized carbons (Fsp3) is 0.167. The van der Waals surface area contributed by atoms with Crippen molar-refractivity contribution in [1.29, 1.82) is 0 Å². The molecule has 4 aromatic rings. The summed E-state index contributed by atoms with van der Waals surface area (Å²) in [6.45, 7) is -0.0437. The zero-order chi connectivity index (χ0) is 18.1. The molecular weight excluding hydrogens is 340 g/mol. The molecule has 0 aliphatic carbocycles. The Hall–Kier alpha value is -3.13. The minimum atomic E-state index is -1.69. The Morgan fingerprint density at radius 2 is 2.00 bits per heavy atom. The van der Waals surface area contributed by atoms with Gasteiger partial charge in [0.05, 0.1) is 13.1 Å². The number of hydrogen-bond acceptors (Lipinski definition) is 4. The Balaban J connectivity index is 1.79. The monoisotopic (exact) mass is 355 g/mol. The molecule has 4 rings (SSSR count). The lowest BCUT2D eigenvalue weighted by Gasteiger charge is -2.29. The Morgan fingerprint density at radius 3 is 2.77 bits per heavy atom. The Labute approximate surface area is 147 Å². The summed E-state index contributed by atoms with van der Waals surface area (Å²) in [5.74, 6) is -1.53. The molecule has 3 aromatic heterocycles. The number of hydrogen-bond donors (Lipinski definition) is 1. The van der Waals surface area contributed by atoms with Crippen molar-refractivity contribution in [3.63, 3.8) is 0 Å². The topological polar surface area (TPSA) is 68.8 Å². The van der Waals surface area contributed by atoms with Crippen molar-refractivity contribution in [3.8, 4) is 0 Å². The van der Waals surface area contributed by atoms with Crippen LogP contribution in [-0.2, 0) is 18.7 Å². The van der Waals surface area contributed by atoms with Crippen molar-refractivity contribution in [3.05, 3.63) is 78.6 Å². The van der Waals surface area contributed by atoms with Crippen LogP contribution in [-0.4, -0.2) is 29.4 Å². The van der Waals surface area contributed by atoms with Gasteiger partial charge in [0.1, 0.15) is 35.5 Å². The molecule has 8 heteroatoms. The van der Waals surface area contributed by atoms with Crippen LogP contribution < -0.4 is 0 Å². The van der Waals surface area contributed by atoms with Gasteiger partial charge in [-0.05, 0) is 24.3 Å². The van der Waals surface area contributed by atoms with Crippen LogP contribution >= 0.6 is 0 Å². The van der Waals surface area contributed by atoms with E-state index in [-0.39, 0.29) is 18.7 Å². The molecule has 0 amide bonds. The summed E-state index contributed by atoms with van der Waals surface area (Å²) >= 11 is 0. The maximum Gasteiger partial charge on any atom is 0.139 e. The van der Waals surface area contributed by atoms with Crippen molar-refractivity contribution >= 4 is 11.0 Å². The van der Waals surface area contributed by atoms with Crippen molar-refractivity contribution in [2.45, 2.75) is 18.7 Å². The van der Waals surface area contributed by atoms with Crippen LogP contribution in [0.3, 0.4) is 0 Å². The molecule has 0 fully saturated rings. The van der Waals surface area contributed by atoms with Crippen LogP contribution in [0, 0.1) is 11.6 Å². The average molecular weight is 355 g/mol. The Morgan fingerprint density at radius 1 is 1.12 bits per heavy atom. The van der Waals surface area contributed by atoms with Gasteiger partial charge in [0.2, 0.25) is 0 Å². The van der Waals surface area contributed by atoms with Gasteiger partial charge >= 0.3 is 0 Å². The van der Waals surface area contributed by atoms with E-state index in [4.69, 9.17) is 0 Å². The minimum Gasteiger partial charge on any atom is -0.381 e. The molecule has 1 atom stereocenters. The smallest absolute Gasteiger partial charge is 0.139 e. The lowest BCUT2D eigenvalue weighted by molar-refractivity contribution is -0.00447. The third-order valence-electron chi connectivity index (χ3n) is 4.28. The molecule has 0 aliphatic heterocycles. The van der Waals surface area contributed by atoms with Crippen molar-refractivity contribution < 1.29 is 13.9 Å². The number of halogens is 2. The Bertz CT molecular complexity index is 1050. The van der Waals surface area contributed by atoms with Crippen LogP contribution in [0.5, 0.6) is 0 Å². The maximum absolute atomic E-state index is 14.4. The van der Waals surface area contributed by atoms with Crippen molar-refractivity contribution in [2.24, 2.45) is 0 Å². The minimum absolute atomic E-state index is 0.00985. The molecule has 0 spiro atoms. The molecule has 3 heterocycles. The van der Waals surface area contributed by atoms with Gasteiger partial charge in [-0.15, -0.1) is 0 Å². The van der Waals surface area contributed by atoms with E-state index in [9.17, 15) is 13.9 Å². The van der Waals surface area contributed by atoms with Gasteiger partial charge in [0, 0.05) is 29.4 Å². The largest absolute Gasteiger partial charge is 0.381 e. The fourth-order valence-electron chi connectivity index (χ4n) is 3.10. The number of aliphatic hydroxyl groups is 1. The van der Waals surface area contributed by atoms with Gasteiger partial charge in [-0.25, -0.2) is 23.4 Å². The van der Waals surface area contributed by atoms with Gasteiger partial charge in [0.15, 0.2) is 0 Å². The van der Waals surface area contributed by atoms with Gasteiger partial charge in [-0.1, -0.05) is 6.07 Å². The van der Waals surface area contributed by atoms with Crippen LogP contribution in [0.25, 0.3) is 11.0 Å². The van der Waals surface area contributed by atoms with E-state index in [0.29, 0.717) is 5.65 Å². The van der Waals surface area contributed by atoms with Crippen molar-refractivity contribution in [2.75, 3.05) is 0 Å². The summed E-state index contributed by atoms with van der Waals surface area (Å²) in [6.07, 6.45) is 6.17. The predicted octanol–water partition coefficient (Wildman–Crippen LogP) is 2.49. The number of benzene rings is 1. The predicted molar refractivity (Wildman–Crippen MR) is 90.0 cm³/mol. The summed E-state index contributed by atoms with van der Waals surface area (Å²) in [7, 11) is 0. The second-order valence-electron chi connectivity index (χ2n) is 6.11. The summed E-state index contributed by atoms with van der Waals surface area (Å²) in [5.41, 5.74) is -1.05. The number of pyridine rings is 1. The standard InChI is InChI=1S/C18H15F2N5O/c19-14-3-4-15(16(20)8-14)18(26,10-25-12-21-11-23-25)9-24-7-5-13-2-1-6-22-17(13)24/h1-8,11-12,26H,9-10H2. The third-order valence-corrected chi connectivity index (χ3v) is 4.28.